The van der Waals surface area contributed by atoms with Crippen LogP contribution in [0.2, 0.25) is 0 Å². The Labute approximate surface area is 491 Å². The Morgan fingerprint density at radius 2 is 0.448 bits per heavy atom. The number of hydrogen-bond donors (Lipinski definition) is 3. The molecule has 87 heavy (non-hydrogen) atoms. The van der Waals surface area contributed by atoms with E-state index in [4.69, 9.17) is 14.9 Å². The molecule has 0 saturated heterocycles. The van der Waals surface area contributed by atoms with Gasteiger partial charge in [0, 0.05) is 17.8 Å². The monoisotopic (exact) mass is 1510 g/mol. The first-order valence-corrected chi connectivity index (χ1v) is 38.9. The van der Waals surface area contributed by atoms with Gasteiger partial charge in [-0.15, -0.1) is 0 Å². The van der Waals surface area contributed by atoms with Gasteiger partial charge in [-0.05, 0) is 0 Å². The SMILES string of the molecule is CC(CF)COP(=O)([O-])OCCOP(=O)([O-])O.O=P([O-])(O)OCC(CF)COP(=O)([O-])OCCOP(=O)([O-])OCCOP(=O)([O-])OCCOP(=O)([O-])OCCOP(=O)([O-])OCCOP(=O)([O-])OCCOP(=O)([O-])OCCOP(=O)([O-])OCC(CO)CF. The Kier molecular flexibility index (Phi) is 46.2. The maximum absolute atomic E-state index is 12.8. The van der Waals surface area contributed by atoms with Crippen LogP contribution in [0.4, 0.5) is 13.2 Å². The highest BCUT2D eigenvalue weighted by molar-refractivity contribution is 7.48. The molecule has 14 unspecified atom stereocenters. The fourth-order valence-electron chi connectivity index (χ4n) is 3.86. The molecule has 45 nitrogen and oxygen atoms in total. The van der Waals surface area contributed by atoms with Gasteiger partial charge in [0.2, 0.25) is 0 Å². The molecule has 0 spiro atoms. The molecule has 0 aliphatic heterocycles. The molecule has 0 bridgehead atoms. The normalized spacial score (nSPS) is 20.9. The fraction of sp³-hybridized carbons (Fsp3) is 1.00. The Bertz CT molecular complexity index is 2450. The molecule has 0 aliphatic carbocycles. The van der Waals surface area contributed by atoms with Crippen LogP contribution in [0.3, 0.4) is 0 Å². The van der Waals surface area contributed by atoms with E-state index >= 15 is 0 Å². The third kappa shape index (κ3) is 57.0. The summed E-state index contributed by atoms with van der Waals surface area (Å²) in [4.78, 5) is 142. The lowest BCUT2D eigenvalue weighted by molar-refractivity contribution is -0.238. The van der Waals surface area contributed by atoms with Gasteiger partial charge in [0.1, 0.15) is 0 Å². The zero-order chi connectivity index (χ0) is 67.3. The van der Waals surface area contributed by atoms with Crippen LogP contribution in [0.15, 0.2) is 0 Å². The molecule has 0 saturated carbocycles. The predicted octanol–water partition coefficient (Wildman–Crippen LogP) is -4.79. The van der Waals surface area contributed by atoms with Crippen LogP contribution in [0.5, 0.6) is 0 Å². The topological polar surface area (TPSA) is 687 Å². The second-order valence-corrected chi connectivity index (χ2v) is 30.0. The van der Waals surface area contributed by atoms with Gasteiger partial charge in [-0.3, -0.25) is 63.4 Å². The van der Waals surface area contributed by atoms with Crippen LogP contribution in [0, 0.1) is 17.8 Å². The first-order chi connectivity index (χ1) is 39.7. The number of alkyl halides is 3. The highest BCUT2D eigenvalue weighted by Crippen LogP contribution is 2.46. The number of aliphatic hydroxyl groups excluding tert-OH is 1. The molecular formula is C28H57F3O45P11-11. The Hall–Kier alpha value is 0.960. The first-order valence-electron chi connectivity index (χ1n) is 22.8. The van der Waals surface area contributed by atoms with Crippen molar-refractivity contribution in [1.82, 2.24) is 0 Å². The summed E-state index contributed by atoms with van der Waals surface area (Å²) in [6.07, 6.45) is 0. The average molecular weight is 1510 g/mol. The van der Waals surface area contributed by atoms with Crippen molar-refractivity contribution < 1.29 is 223 Å². The zero-order valence-electron chi connectivity index (χ0n) is 44.2. The van der Waals surface area contributed by atoms with Gasteiger partial charge in [-0.25, -0.2) is 0 Å². The third-order valence-corrected chi connectivity index (χ3v) is 17.4. The van der Waals surface area contributed by atoms with Crippen molar-refractivity contribution in [3.63, 3.8) is 0 Å². The van der Waals surface area contributed by atoms with Crippen LogP contribution in [0.25, 0.3) is 0 Å². The van der Waals surface area contributed by atoms with Crippen LogP contribution < -0.4 is 53.8 Å². The molecule has 0 fully saturated rings. The van der Waals surface area contributed by atoms with Crippen LogP contribution in [-0.2, 0) is 141 Å². The molecule has 3 N–H and O–H groups in total. The predicted molar refractivity (Wildman–Crippen MR) is 248 cm³/mol. The standard InChI is InChI=1S/C22H53F2O37P9.C6H15FO8P2/c23-15-21(17-25)18-60-69(41,42)57-13-11-55-67(37,38)53-9-7-51-65(33,34)49-5-3-47-63(29,30)45-1-2-46-64(31,32)48-4-6-50-66(35,36)52-8-10-54-68(39,40)56-12-14-58-70(43,44)61-20-22(16-24)19-59-62(26,27)28;1-6(4-7)5-15-17(11,12)14-3-2-13-16(8,9)10/h21-22,25H,1-20H2,(H,29,30)(H,31,32)(H,33,34)(H,35,36)(H,37,38)(H,39,40)(H,41,42)(H,43,44)(H2,26,27,28);6H,2-5H2,1H3,(H,11,12)(H2,8,9,10)/p-11. The van der Waals surface area contributed by atoms with Gasteiger partial charge in [0.15, 0.2) is 0 Å². The molecule has 0 radical (unpaired) electrons. The van der Waals surface area contributed by atoms with E-state index in [2.05, 4.69) is 90.5 Å². The third-order valence-electron chi connectivity index (χ3n) is 7.55. The molecule has 526 valence electrons. The highest BCUT2D eigenvalue weighted by atomic mass is 31.2. The first kappa shape index (κ1) is 90.0. The van der Waals surface area contributed by atoms with Gasteiger partial charge in [-0.1, -0.05) is 6.92 Å². The maximum atomic E-state index is 12.8. The van der Waals surface area contributed by atoms with Crippen molar-refractivity contribution in [3.05, 3.63) is 0 Å². The zero-order valence-corrected chi connectivity index (χ0v) is 54.1. The summed E-state index contributed by atoms with van der Waals surface area (Å²) in [6, 6.07) is 0. The molecule has 0 aromatic rings. The summed E-state index contributed by atoms with van der Waals surface area (Å²) in [7, 11) is -56.5. The van der Waals surface area contributed by atoms with Gasteiger partial charge in [0.05, 0.1) is 159 Å². The van der Waals surface area contributed by atoms with Crippen molar-refractivity contribution in [3.8, 4) is 0 Å². The summed E-state index contributed by atoms with van der Waals surface area (Å²) in [5.41, 5.74) is 0. The minimum absolute atomic E-state index is 0.377. The van der Waals surface area contributed by atoms with E-state index in [1.807, 2.05) is 0 Å². The highest BCUT2D eigenvalue weighted by Gasteiger charge is 2.22. The van der Waals surface area contributed by atoms with Crippen molar-refractivity contribution in [1.29, 1.82) is 0 Å². The molecule has 0 aliphatic rings. The lowest BCUT2D eigenvalue weighted by atomic mass is 10.2. The van der Waals surface area contributed by atoms with Crippen molar-refractivity contribution in [2.45, 2.75) is 6.92 Å². The fourth-order valence-corrected chi connectivity index (χ4v) is 10.9. The number of phosphoric acid groups is 11. The van der Waals surface area contributed by atoms with Crippen LogP contribution in [-0.4, -0.2) is 174 Å². The second kappa shape index (κ2) is 44.7. The molecule has 0 rings (SSSR count). The number of aliphatic hydroxyl groups is 1. The maximum Gasteiger partial charge on any atom is 0.268 e. The van der Waals surface area contributed by atoms with E-state index in [9.17, 15) is 117 Å². The molecule has 0 amide bonds. The number of hydrogen-bond acceptors (Lipinski definition) is 43. The van der Waals surface area contributed by atoms with Gasteiger partial charge >= 0.3 is 0 Å². The molecule has 0 heterocycles. The van der Waals surface area contributed by atoms with E-state index in [0.29, 0.717) is 0 Å². The largest absolute Gasteiger partial charge is 0.756 e. The number of phosphoric ester groups is 11. The molecule has 14 atom stereocenters. The summed E-state index contributed by atoms with van der Waals surface area (Å²) in [5, 5.41) is 8.79. The van der Waals surface area contributed by atoms with Crippen LogP contribution >= 0.6 is 86.0 Å². The quantitative estimate of drug-likeness (QED) is 0.0380. The van der Waals surface area contributed by atoms with Gasteiger partial charge < -0.3 is 159 Å². The Morgan fingerprint density at radius 1 is 0.276 bits per heavy atom. The van der Waals surface area contributed by atoms with E-state index in [1.54, 1.807) is 0 Å². The molecule has 0 aromatic heterocycles. The van der Waals surface area contributed by atoms with Crippen molar-refractivity contribution in [2.75, 3.05) is 159 Å². The second-order valence-electron chi connectivity index (χ2n) is 15.0. The lowest BCUT2D eigenvalue weighted by Crippen LogP contribution is -2.21. The van der Waals surface area contributed by atoms with E-state index in [1.165, 1.54) is 6.92 Å². The van der Waals surface area contributed by atoms with Crippen molar-refractivity contribution >= 4 is 86.0 Å². The molecule has 0 aromatic carbocycles. The van der Waals surface area contributed by atoms with Crippen LogP contribution in [0.1, 0.15) is 6.92 Å². The minimum Gasteiger partial charge on any atom is -0.756 e. The van der Waals surface area contributed by atoms with Crippen molar-refractivity contribution in [2.24, 2.45) is 17.8 Å². The minimum atomic E-state index is -5.28. The summed E-state index contributed by atoms with van der Waals surface area (Å²) in [5.74, 6) is -3.24. The smallest absolute Gasteiger partial charge is 0.268 e. The summed E-state index contributed by atoms with van der Waals surface area (Å²) < 4.78 is 247. The summed E-state index contributed by atoms with van der Waals surface area (Å²) >= 11 is 0. The van der Waals surface area contributed by atoms with Gasteiger partial charge in [0.25, 0.3) is 86.0 Å². The lowest BCUT2D eigenvalue weighted by Gasteiger charge is -2.27. The summed E-state index contributed by atoms with van der Waals surface area (Å²) in [6.45, 7) is -21.3. The number of halogens is 3. The molecular weight excluding hydrogens is 1450 g/mol. The number of rotatable bonds is 56. The Morgan fingerprint density at radius 3 is 0.632 bits per heavy atom. The van der Waals surface area contributed by atoms with E-state index in [0.717, 1.165) is 0 Å². The Balaban J connectivity index is 0. The van der Waals surface area contributed by atoms with E-state index < -0.39 is 256 Å². The van der Waals surface area contributed by atoms with Gasteiger partial charge in [-0.2, -0.15) is 0 Å². The molecule has 59 heteroatoms. The van der Waals surface area contributed by atoms with E-state index in [-0.39, 0.29) is 6.61 Å². The average Bonchev–Trinajstić information content (AvgIpc) is 3.61.